The van der Waals surface area contributed by atoms with E-state index in [9.17, 15) is 9.59 Å². The molecule has 4 nitrogen and oxygen atoms in total. The van der Waals surface area contributed by atoms with E-state index in [1.807, 2.05) is 6.92 Å². The first-order valence-corrected chi connectivity index (χ1v) is 4.59. The Morgan fingerprint density at radius 2 is 2.13 bits per heavy atom. The van der Waals surface area contributed by atoms with E-state index in [1.54, 1.807) is 18.5 Å². The van der Waals surface area contributed by atoms with E-state index in [-0.39, 0.29) is 0 Å². The van der Waals surface area contributed by atoms with Gasteiger partial charge in [0.25, 0.3) is 0 Å². The normalized spacial score (nSPS) is 10.5. The van der Waals surface area contributed by atoms with Crippen LogP contribution >= 0.6 is 0 Å². The molecule has 0 bridgehead atoms. The van der Waals surface area contributed by atoms with Crippen LogP contribution in [0, 0.1) is 6.92 Å². The second-order valence-corrected chi connectivity index (χ2v) is 3.41. The first-order chi connectivity index (χ1) is 7.11. The fraction of sp³-hybridized carbons (Fsp3) is 0.182. The molecule has 0 aliphatic rings. The minimum Gasteiger partial charge on any atom is -0.359 e. The van der Waals surface area contributed by atoms with Crippen molar-refractivity contribution in [2.45, 2.75) is 13.8 Å². The van der Waals surface area contributed by atoms with Crippen molar-refractivity contribution in [1.82, 2.24) is 9.97 Å². The minimum atomic E-state index is -0.466. The van der Waals surface area contributed by atoms with Gasteiger partial charge in [0.1, 0.15) is 0 Å². The number of hydrogen-bond acceptors (Lipinski definition) is 3. The lowest BCUT2D eigenvalue weighted by Gasteiger charge is -1.96. The van der Waals surface area contributed by atoms with Gasteiger partial charge in [-0.2, -0.15) is 0 Å². The zero-order valence-electron chi connectivity index (χ0n) is 8.50. The van der Waals surface area contributed by atoms with Gasteiger partial charge in [-0.15, -0.1) is 0 Å². The highest BCUT2D eigenvalue weighted by molar-refractivity contribution is 6.45. The number of carbonyl (C=O) groups excluding carboxylic acids is 2. The first-order valence-electron chi connectivity index (χ1n) is 4.59. The number of pyridine rings is 1. The van der Waals surface area contributed by atoms with Crippen LogP contribution in [0.4, 0.5) is 0 Å². The van der Waals surface area contributed by atoms with Gasteiger partial charge in [0.05, 0.1) is 16.8 Å². The number of aryl methyl sites for hydroxylation is 1. The van der Waals surface area contributed by atoms with Gasteiger partial charge in [0.15, 0.2) is 5.78 Å². The molecule has 2 aromatic rings. The second kappa shape index (κ2) is 3.31. The van der Waals surface area contributed by atoms with Crippen LogP contribution in [0.15, 0.2) is 18.5 Å². The van der Waals surface area contributed by atoms with E-state index >= 15 is 0 Å². The van der Waals surface area contributed by atoms with Crippen molar-refractivity contribution in [2.75, 3.05) is 0 Å². The minimum absolute atomic E-state index is 0.419. The van der Waals surface area contributed by atoms with Gasteiger partial charge in [-0.05, 0) is 13.0 Å². The molecule has 0 atom stereocenters. The molecule has 76 valence electrons. The topological polar surface area (TPSA) is 62.8 Å². The number of aromatic amines is 1. The Bertz CT molecular complexity index is 555. The third kappa shape index (κ3) is 1.44. The quantitative estimate of drug-likeness (QED) is 0.594. The average molecular weight is 202 g/mol. The summed E-state index contributed by atoms with van der Waals surface area (Å²) in [5.41, 5.74) is 2.04. The Kier molecular flexibility index (Phi) is 2.11. The molecule has 0 amide bonds. The first kappa shape index (κ1) is 9.58. The van der Waals surface area contributed by atoms with E-state index in [4.69, 9.17) is 0 Å². The molecule has 0 aromatic carbocycles. The third-order valence-corrected chi connectivity index (χ3v) is 2.36. The summed E-state index contributed by atoms with van der Waals surface area (Å²) >= 11 is 0. The van der Waals surface area contributed by atoms with Crippen LogP contribution in [0.1, 0.15) is 23.0 Å². The summed E-state index contributed by atoms with van der Waals surface area (Å²) in [6.45, 7) is 3.12. The Hall–Kier alpha value is -1.97. The van der Waals surface area contributed by atoms with Crippen molar-refractivity contribution in [2.24, 2.45) is 0 Å². The Balaban J connectivity index is 2.69. The predicted octanol–water partition coefficient (Wildman–Crippen LogP) is 1.64. The van der Waals surface area contributed by atoms with Crippen LogP contribution in [-0.2, 0) is 4.79 Å². The SMILES string of the molecule is CC(=O)C(=O)c1c[nH]c2c(C)nccc12. The molecule has 2 aromatic heterocycles. The summed E-state index contributed by atoms with van der Waals surface area (Å²) < 4.78 is 0. The molecule has 0 fully saturated rings. The molecule has 0 aliphatic carbocycles. The molecule has 0 radical (unpaired) electrons. The van der Waals surface area contributed by atoms with E-state index < -0.39 is 11.6 Å². The van der Waals surface area contributed by atoms with Crippen LogP contribution < -0.4 is 0 Å². The fourth-order valence-corrected chi connectivity index (χ4v) is 1.57. The van der Waals surface area contributed by atoms with Crippen molar-refractivity contribution >= 4 is 22.5 Å². The van der Waals surface area contributed by atoms with Crippen molar-refractivity contribution < 1.29 is 9.59 Å². The number of nitrogens with one attached hydrogen (secondary N) is 1. The Morgan fingerprint density at radius 3 is 2.80 bits per heavy atom. The molecule has 0 spiro atoms. The van der Waals surface area contributed by atoms with Crippen LogP contribution in [0.25, 0.3) is 10.9 Å². The average Bonchev–Trinajstić information content (AvgIpc) is 2.61. The standard InChI is InChI=1S/C11H10N2O2/c1-6-10-8(3-4-12-6)9(5-13-10)11(15)7(2)14/h3-5,13H,1-2H3. The Morgan fingerprint density at radius 1 is 1.40 bits per heavy atom. The van der Waals surface area contributed by atoms with Crippen molar-refractivity contribution in [3.05, 3.63) is 29.7 Å². The molecule has 0 saturated carbocycles. The number of Topliss-reactive ketones (excluding diaryl/α,β-unsaturated/α-hetero) is 2. The highest BCUT2D eigenvalue weighted by Crippen LogP contribution is 2.20. The second-order valence-electron chi connectivity index (χ2n) is 3.41. The smallest absolute Gasteiger partial charge is 0.230 e. The highest BCUT2D eigenvalue weighted by Gasteiger charge is 2.16. The Labute approximate surface area is 86.3 Å². The number of H-pyrrole nitrogens is 1. The molecule has 0 unspecified atom stereocenters. The van der Waals surface area contributed by atoms with E-state index in [0.717, 1.165) is 16.6 Å². The molecule has 1 N–H and O–H groups in total. The summed E-state index contributed by atoms with van der Waals surface area (Å²) in [6.07, 6.45) is 3.19. The monoisotopic (exact) mass is 202 g/mol. The molecular formula is C11H10N2O2. The molecule has 4 heteroatoms. The van der Waals surface area contributed by atoms with Gasteiger partial charge >= 0.3 is 0 Å². The zero-order valence-corrected chi connectivity index (χ0v) is 8.50. The summed E-state index contributed by atoms with van der Waals surface area (Å²) in [5, 5.41) is 0.753. The van der Waals surface area contributed by atoms with E-state index in [0.29, 0.717) is 5.56 Å². The van der Waals surface area contributed by atoms with Crippen LogP contribution in [0.5, 0.6) is 0 Å². The van der Waals surface area contributed by atoms with Gasteiger partial charge in [0, 0.05) is 24.7 Å². The van der Waals surface area contributed by atoms with Crippen LogP contribution in [0.3, 0.4) is 0 Å². The number of ketones is 2. The summed E-state index contributed by atoms with van der Waals surface area (Å²) in [6, 6.07) is 1.73. The van der Waals surface area contributed by atoms with Crippen molar-refractivity contribution in [1.29, 1.82) is 0 Å². The maximum absolute atomic E-state index is 11.5. The number of aromatic nitrogens is 2. The molecule has 2 heterocycles. The van der Waals surface area contributed by atoms with Gasteiger partial charge in [-0.1, -0.05) is 0 Å². The van der Waals surface area contributed by atoms with Crippen LogP contribution in [0.2, 0.25) is 0 Å². The van der Waals surface area contributed by atoms with Gasteiger partial charge in [-0.3, -0.25) is 14.6 Å². The summed E-state index contributed by atoms with van der Waals surface area (Å²) in [4.78, 5) is 29.6. The maximum atomic E-state index is 11.5. The molecule has 0 saturated heterocycles. The number of fused-ring (bicyclic) bond motifs is 1. The molecule has 2 rings (SSSR count). The van der Waals surface area contributed by atoms with E-state index in [1.165, 1.54) is 6.92 Å². The van der Waals surface area contributed by atoms with Gasteiger partial charge in [-0.25, -0.2) is 0 Å². The van der Waals surface area contributed by atoms with Crippen molar-refractivity contribution in [3.8, 4) is 0 Å². The zero-order chi connectivity index (χ0) is 11.0. The number of rotatable bonds is 2. The largest absolute Gasteiger partial charge is 0.359 e. The molecular weight excluding hydrogens is 192 g/mol. The van der Waals surface area contributed by atoms with Gasteiger partial charge in [0.2, 0.25) is 5.78 Å². The summed E-state index contributed by atoms with van der Waals surface area (Å²) in [7, 11) is 0. The van der Waals surface area contributed by atoms with E-state index in [2.05, 4.69) is 9.97 Å². The fourth-order valence-electron chi connectivity index (χ4n) is 1.57. The lowest BCUT2D eigenvalue weighted by molar-refractivity contribution is -0.113. The summed E-state index contributed by atoms with van der Waals surface area (Å²) in [5.74, 6) is -0.919. The molecule has 15 heavy (non-hydrogen) atoms. The van der Waals surface area contributed by atoms with Crippen LogP contribution in [-0.4, -0.2) is 21.5 Å². The predicted molar refractivity (Wildman–Crippen MR) is 55.8 cm³/mol. The molecule has 0 aliphatic heterocycles. The number of nitrogens with zero attached hydrogens (tertiary/aromatic N) is 1. The maximum Gasteiger partial charge on any atom is 0.230 e. The third-order valence-electron chi connectivity index (χ3n) is 2.36. The number of hydrogen-bond donors (Lipinski definition) is 1. The number of carbonyl (C=O) groups is 2. The lowest BCUT2D eigenvalue weighted by Crippen LogP contribution is -2.08. The van der Waals surface area contributed by atoms with Gasteiger partial charge < -0.3 is 4.98 Å². The van der Waals surface area contributed by atoms with Crippen molar-refractivity contribution in [3.63, 3.8) is 0 Å². The highest BCUT2D eigenvalue weighted by atomic mass is 16.2. The lowest BCUT2D eigenvalue weighted by atomic mass is 10.1.